The number of carbonyl (C=O) groups excluding carboxylic acids is 3. The second kappa shape index (κ2) is 9.96. The maximum absolute atomic E-state index is 12.9. The summed E-state index contributed by atoms with van der Waals surface area (Å²) in [5, 5.41) is 1.03. The highest BCUT2D eigenvalue weighted by molar-refractivity contribution is 7.19. The number of hydrogen-bond donors (Lipinski definition) is 1. The lowest BCUT2D eigenvalue weighted by Gasteiger charge is -2.24. The maximum atomic E-state index is 12.9. The minimum absolute atomic E-state index is 0.100. The number of rotatable bonds is 7. The summed E-state index contributed by atoms with van der Waals surface area (Å²) in [6.45, 7) is 7.39. The molecule has 2 aromatic carbocycles. The van der Waals surface area contributed by atoms with Crippen molar-refractivity contribution in [3.8, 4) is 0 Å². The van der Waals surface area contributed by atoms with Gasteiger partial charge in [-0.3, -0.25) is 9.59 Å². The van der Waals surface area contributed by atoms with Crippen LogP contribution in [0.4, 0.5) is 0 Å². The topological polar surface area (TPSA) is 81.7 Å². The first-order valence-corrected chi connectivity index (χ1v) is 11.3. The molecule has 0 spiro atoms. The van der Waals surface area contributed by atoms with Crippen LogP contribution in [0.5, 0.6) is 0 Å². The van der Waals surface area contributed by atoms with E-state index in [2.05, 4.69) is 19.3 Å². The molecule has 1 unspecified atom stereocenters. The fourth-order valence-corrected chi connectivity index (χ4v) is 4.49. The summed E-state index contributed by atoms with van der Waals surface area (Å²) in [6, 6.07) is 16.8. The van der Waals surface area contributed by atoms with Gasteiger partial charge in [-0.15, -0.1) is 11.3 Å². The van der Waals surface area contributed by atoms with Gasteiger partial charge in [0.2, 0.25) is 0 Å². The third-order valence-electron chi connectivity index (χ3n) is 5.26. The minimum Gasteiger partial charge on any atom is -0.465 e. The Morgan fingerprint density at radius 1 is 1.03 bits per heavy atom. The van der Waals surface area contributed by atoms with E-state index < -0.39 is 23.3 Å². The second-order valence-electron chi connectivity index (χ2n) is 8.08. The summed E-state index contributed by atoms with van der Waals surface area (Å²) in [4.78, 5) is 44.0. The molecule has 1 aromatic heterocycles. The molecule has 0 aliphatic carbocycles. The molecule has 3 rings (SSSR count). The van der Waals surface area contributed by atoms with Gasteiger partial charge in [0.15, 0.2) is 5.41 Å². The molecule has 0 saturated carbocycles. The van der Waals surface area contributed by atoms with Crippen LogP contribution in [0.3, 0.4) is 0 Å². The molecule has 0 aliphatic rings. The van der Waals surface area contributed by atoms with Crippen LogP contribution in [0.25, 0.3) is 10.1 Å². The Balaban J connectivity index is 1.74. The number of esters is 1. The third kappa shape index (κ3) is 5.16. The fraction of sp³-hybridized carbons (Fsp3) is 0.320. The van der Waals surface area contributed by atoms with Crippen molar-refractivity contribution in [2.24, 2.45) is 5.41 Å². The summed E-state index contributed by atoms with van der Waals surface area (Å²) < 4.78 is 6.21. The number of hydrogen-bond acceptors (Lipinski definition) is 6. The summed E-state index contributed by atoms with van der Waals surface area (Å²) in [7, 11) is 0. The first kappa shape index (κ1) is 23.5. The normalized spacial score (nSPS) is 12.9. The molecule has 0 radical (unpaired) electrons. The van der Waals surface area contributed by atoms with Crippen molar-refractivity contribution >= 4 is 39.3 Å². The highest BCUT2D eigenvalue weighted by Gasteiger charge is 2.45. The van der Waals surface area contributed by atoms with Crippen LogP contribution < -0.4 is 5.48 Å². The van der Waals surface area contributed by atoms with Crippen LogP contribution in [-0.2, 0) is 25.6 Å². The van der Waals surface area contributed by atoms with E-state index in [4.69, 9.17) is 9.57 Å². The number of benzene rings is 2. The minimum atomic E-state index is -1.61. The van der Waals surface area contributed by atoms with E-state index >= 15 is 0 Å². The molecule has 1 atom stereocenters. The number of ether oxygens (including phenoxy) is 1. The van der Waals surface area contributed by atoms with Crippen LogP contribution in [0.1, 0.15) is 54.4 Å². The zero-order chi connectivity index (χ0) is 23.3. The SMILES string of the molecule is CCOC(=O)C(C)(Cc1cc2ccccc2s1)C(=O)ONC(=O)c1ccc(C(C)C)cc1. The number of fused-ring (bicyclic) bond motifs is 1. The van der Waals surface area contributed by atoms with Gasteiger partial charge in [-0.1, -0.05) is 44.2 Å². The molecule has 7 heteroatoms. The van der Waals surface area contributed by atoms with Crippen molar-refractivity contribution in [3.05, 3.63) is 70.6 Å². The number of nitrogens with one attached hydrogen (secondary N) is 1. The average Bonchev–Trinajstić information content (AvgIpc) is 3.19. The first-order chi connectivity index (χ1) is 15.2. The lowest BCUT2D eigenvalue weighted by atomic mass is 9.86. The van der Waals surface area contributed by atoms with Crippen molar-refractivity contribution in [1.29, 1.82) is 0 Å². The van der Waals surface area contributed by atoms with Gasteiger partial charge in [0.05, 0.1) is 6.61 Å². The predicted octanol–water partition coefficient (Wildman–Crippen LogP) is 5.02. The number of hydroxylamine groups is 1. The van der Waals surface area contributed by atoms with Crippen LogP contribution in [0, 0.1) is 5.41 Å². The van der Waals surface area contributed by atoms with E-state index in [0.29, 0.717) is 11.5 Å². The van der Waals surface area contributed by atoms with Gasteiger partial charge in [0, 0.05) is 21.6 Å². The quantitative estimate of drug-likeness (QED) is 0.308. The molecule has 0 bridgehead atoms. The Kier molecular flexibility index (Phi) is 7.30. The highest BCUT2D eigenvalue weighted by Crippen LogP contribution is 2.33. The van der Waals surface area contributed by atoms with E-state index in [1.807, 2.05) is 42.5 Å². The molecule has 6 nitrogen and oxygen atoms in total. The maximum Gasteiger partial charge on any atom is 0.349 e. The van der Waals surface area contributed by atoms with Crippen molar-refractivity contribution < 1.29 is 24.0 Å². The van der Waals surface area contributed by atoms with Gasteiger partial charge in [-0.05, 0) is 55.0 Å². The van der Waals surface area contributed by atoms with Crippen LogP contribution in [0.15, 0.2) is 54.6 Å². The van der Waals surface area contributed by atoms with Gasteiger partial charge in [0.1, 0.15) is 0 Å². The van der Waals surface area contributed by atoms with Crippen molar-refractivity contribution in [2.45, 2.75) is 40.0 Å². The van der Waals surface area contributed by atoms with E-state index in [1.54, 1.807) is 19.1 Å². The van der Waals surface area contributed by atoms with Crippen molar-refractivity contribution in [1.82, 2.24) is 5.48 Å². The van der Waals surface area contributed by atoms with E-state index in [-0.39, 0.29) is 13.0 Å². The summed E-state index contributed by atoms with van der Waals surface area (Å²) in [5.41, 5.74) is 2.01. The molecule has 0 saturated heterocycles. The average molecular weight is 454 g/mol. The molecule has 32 heavy (non-hydrogen) atoms. The van der Waals surface area contributed by atoms with Crippen LogP contribution in [-0.4, -0.2) is 24.5 Å². The number of carbonyl (C=O) groups is 3. The molecule has 1 amide bonds. The molecule has 168 valence electrons. The Morgan fingerprint density at radius 2 is 1.72 bits per heavy atom. The van der Waals surface area contributed by atoms with Gasteiger partial charge in [-0.2, -0.15) is 5.48 Å². The Morgan fingerprint density at radius 3 is 2.34 bits per heavy atom. The second-order valence-corrected chi connectivity index (χ2v) is 9.25. The van der Waals surface area contributed by atoms with E-state index in [0.717, 1.165) is 20.5 Å². The van der Waals surface area contributed by atoms with E-state index in [9.17, 15) is 14.4 Å². The summed E-state index contributed by atoms with van der Waals surface area (Å²) >= 11 is 1.50. The largest absolute Gasteiger partial charge is 0.465 e. The van der Waals surface area contributed by atoms with Crippen molar-refractivity contribution in [3.63, 3.8) is 0 Å². The van der Waals surface area contributed by atoms with E-state index in [1.165, 1.54) is 18.3 Å². The van der Waals surface area contributed by atoms with Gasteiger partial charge < -0.3 is 9.57 Å². The van der Waals surface area contributed by atoms with Gasteiger partial charge in [0.25, 0.3) is 5.91 Å². The Labute approximate surface area is 191 Å². The molecule has 1 N–H and O–H groups in total. The van der Waals surface area contributed by atoms with Crippen molar-refractivity contribution in [2.75, 3.05) is 6.61 Å². The Bertz CT molecular complexity index is 1090. The summed E-state index contributed by atoms with van der Waals surface area (Å²) in [5.74, 6) is -1.80. The molecule has 1 heterocycles. The fourth-order valence-electron chi connectivity index (χ4n) is 3.27. The van der Waals surface area contributed by atoms with Crippen LogP contribution in [0.2, 0.25) is 0 Å². The molecular weight excluding hydrogens is 426 g/mol. The monoisotopic (exact) mass is 453 g/mol. The lowest BCUT2D eigenvalue weighted by molar-refractivity contribution is -0.174. The zero-order valence-corrected chi connectivity index (χ0v) is 19.5. The zero-order valence-electron chi connectivity index (χ0n) is 18.6. The lowest BCUT2D eigenvalue weighted by Crippen LogP contribution is -2.44. The number of amides is 1. The first-order valence-electron chi connectivity index (χ1n) is 10.5. The summed E-state index contributed by atoms with van der Waals surface area (Å²) in [6.07, 6.45) is 0.100. The van der Waals surface area contributed by atoms with Gasteiger partial charge >= 0.3 is 11.9 Å². The number of thiophene rings is 1. The highest BCUT2D eigenvalue weighted by atomic mass is 32.1. The molecular formula is C25H27NO5S. The Hall–Kier alpha value is -3.19. The van der Waals surface area contributed by atoms with Gasteiger partial charge in [-0.25, -0.2) is 4.79 Å². The molecule has 0 fully saturated rings. The molecule has 3 aromatic rings. The molecule has 0 aliphatic heterocycles. The standard InChI is InChI=1S/C25H27NO5S/c1-5-30-23(28)25(4,15-20-14-19-8-6-7-9-21(19)32-20)24(29)31-26-22(27)18-12-10-17(11-13-18)16(2)3/h6-14,16H,5,15H2,1-4H3,(H,26,27). The smallest absolute Gasteiger partial charge is 0.349 e. The third-order valence-corrected chi connectivity index (χ3v) is 6.37. The van der Waals surface area contributed by atoms with Crippen LogP contribution >= 0.6 is 11.3 Å². The predicted molar refractivity (Wildman–Crippen MR) is 124 cm³/mol.